The van der Waals surface area contributed by atoms with Crippen LogP contribution < -0.4 is 0 Å². The van der Waals surface area contributed by atoms with Gasteiger partial charge in [-0.2, -0.15) is 10.2 Å². The monoisotopic (exact) mass is 349 g/mol. The first kappa shape index (κ1) is 16.6. The number of piperidine rings is 1. The van der Waals surface area contributed by atoms with Gasteiger partial charge >= 0.3 is 0 Å². The van der Waals surface area contributed by atoms with Gasteiger partial charge < -0.3 is 4.90 Å². The predicted octanol–water partition coefficient (Wildman–Crippen LogP) is 2.78. The van der Waals surface area contributed by atoms with Crippen LogP contribution in [0.5, 0.6) is 0 Å². The molecule has 1 atom stereocenters. The van der Waals surface area contributed by atoms with E-state index in [1.54, 1.807) is 6.20 Å². The number of carbonyl (C=O) groups excluding carboxylic acids is 1. The summed E-state index contributed by atoms with van der Waals surface area (Å²) in [6, 6.07) is 10.2. The summed E-state index contributed by atoms with van der Waals surface area (Å²) < 4.78 is 3.82. The first-order valence-electron chi connectivity index (χ1n) is 9.06. The van der Waals surface area contributed by atoms with E-state index in [1.165, 1.54) is 0 Å². The van der Waals surface area contributed by atoms with Crippen LogP contribution in [-0.4, -0.2) is 43.5 Å². The molecule has 0 spiro atoms. The summed E-state index contributed by atoms with van der Waals surface area (Å²) in [6.07, 6.45) is 10.1. The molecule has 2 aromatic heterocycles. The van der Waals surface area contributed by atoms with E-state index in [0.717, 1.165) is 42.7 Å². The molecule has 0 N–H and O–H groups in total. The van der Waals surface area contributed by atoms with Gasteiger partial charge in [-0.05, 0) is 43.0 Å². The van der Waals surface area contributed by atoms with E-state index in [1.807, 2.05) is 63.9 Å². The van der Waals surface area contributed by atoms with Gasteiger partial charge in [0.2, 0.25) is 5.91 Å². The third-order valence-electron chi connectivity index (χ3n) is 4.87. The van der Waals surface area contributed by atoms with Gasteiger partial charge in [-0.1, -0.05) is 18.2 Å². The van der Waals surface area contributed by atoms with Crippen LogP contribution in [0.1, 0.15) is 30.0 Å². The van der Waals surface area contributed by atoms with Crippen molar-refractivity contribution in [1.29, 1.82) is 0 Å². The van der Waals surface area contributed by atoms with Crippen molar-refractivity contribution in [1.82, 2.24) is 24.5 Å². The molecule has 6 nitrogen and oxygen atoms in total. The van der Waals surface area contributed by atoms with Crippen LogP contribution in [0.3, 0.4) is 0 Å². The Morgan fingerprint density at radius 2 is 2.00 bits per heavy atom. The number of carbonyl (C=O) groups is 1. The molecule has 3 heterocycles. The summed E-state index contributed by atoms with van der Waals surface area (Å²) in [6.45, 7) is 3.59. The Balaban J connectivity index is 1.41. The van der Waals surface area contributed by atoms with Crippen molar-refractivity contribution in [2.75, 3.05) is 13.1 Å². The molecular formula is C20H23N5O. The molecule has 1 aromatic carbocycles. The Morgan fingerprint density at radius 3 is 2.77 bits per heavy atom. The normalized spacial score (nSPS) is 17.4. The number of hydrogen-bond donors (Lipinski definition) is 0. The van der Waals surface area contributed by atoms with E-state index in [2.05, 4.69) is 16.4 Å². The Bertz CT molecular complexity index is 883. The zero-order chi connectivity index (χ0) is 17.9. The average molecular weight is 349 g/mol. The number of para-hydroxylation sites is 1. The third kappa shape index (κ3) is 3.54. The fourth-order valence-corrected chi connectivity index (χ4v) is 3.49. The molecule has 0 unspecified atom stereocenters. The first-order chi connectivity index (χ1) is 12.7. The highest BCUT2D eigenvalue weighted by atomic mass is 16.2. The Hall–Kier alpha value is -2.89. The second-order valence-corrected chi connectivity index (χ2v) is 6.94. The first-order valence-corrected chi connectivity index (χ1v) is 9.06. The molecule has 26 heavy (non-hydrogen) atoms. The lowest BCUT2D eigenvalue weighted by Crippen LogP contribution is -2.41. The fraction of sp³-hybridized carbons (Fsp3) is 0.350. The van der Waals surface area contributed by atoms with Gasteiger partial charge in [-0.25, -0.2) is 4.68 Å². The van der Waals surface area contributed by atoms with Crippen LogP contribution in [0.25, 0.3) is 5.69 Å². The number of likely N-dealkylation sites (tertiary alicyclic amines) is 1. The van der Waals surface area contributed by atoms with Gasteiger partial charge in [0, 0.05) is 25.5 Å². The summed E-state index contributed by atoms with van der Waals surface area (Å²) in [7, 11) is 0. The summed E-state index contributed by atoms with van der Waals surface area (Å²) in [4.78, 5) is 14.7. The van der Waals surface area contributed by atoms with E-state index in [0.29, 0.717) is 6.42 Å². The zero-order valence-electron chi connectivity index (χ0n) is 15.0. The van der Waals surface area contributed by atoms with Crippen molar-refractivity contribution in [3.63, 3.8) is 0 Å². The van der Waals surface area contributed by atoms with E-state index in [-0.39, 0.29) is 11.9 Å². The number of aromatic nitrogens is 4. The lowest BCUT2D eigenvalue weighted by atomic mass is 10.0. The smallest absolute Gasteiger partial charge is 0.227 e. The molecule has 1 fully saturated rings. The molecule has 0 bridgehead atoms. The van der Waals surface area contributed by atoms with Gasteiger partial charge in [0.25, 0.3) is 0 Å². The van der Waals surface area contributed by atoms with E-state index >= 15 is 0 Å². The average Bonchev–Trinajstić information content (AvgIpc) is 3.32. The van der Waals surface area contributed by atoms with Crippen molar-refractivity contribution < 1.29 is 4.79 Å². The quantitative estimate of drug-likeness (QED) is 0.728. The highest BCUT2D eigenvalue weighted by Gasteiger charge is 2.25. The molecule has 3 aromatic rings. The topological polar surface area (TPSA) is 56.0 Å². The van der Waals surface area contributed by atoms with Gasteiger partial charge in [0.15, 0.2) is 0 Å². The highest BCUT2D eigenvalue weighted by molar-refractivity contribution is 5.78. The van der Waals surface area contributed by atoms with E-state index < -0.39 is 0 Å². The van der Waals surface area contributed by atoms with E-state index in [9.17, 15) is 4.79 Å². The molecule has 6 heteroatoms. The standard InChI is InChI=1S/C20H23N5O/c1-16-11-21-24(13-16)19-8-5-9-23(15-19)20(26)10-17-12-22-25(14-17)18-6-3-2-4-7-18/h2-4,6-7,11-14,19H,5,8-10,15H2,1H3/t19-/m1/s1. The molecule has 1 amide bonds. The van der Waals surface area contributed by atoms with Crippen LogP contribution in [0, 0.1) is 6.92 Å². The lowest BCUT2D eigenvalue weighted by molar-refractivity contribution is -0.132. The number of aryl methyl sites for hydroxylation is 1. The summed E-state index contributed by atoms with van der Waals surface area (Å²) in [5.74, 6) is 0.159. The predicted molar refractivity (Wildman–Crippen MR) is 99.1 cm³/mol. The van der Waals surface area contributed by atoms with Crippen molar-refractivity contribution in [3.8, 4) is 5.69 Å². The molecule has 134 valence electrons. The van der Waals surface area contributed by atoms with Gasteiger partial charge in [0.05, 0.1) is 30.5 Å². The van der Waals surface area contributed by atoms with Gasteiger partial charge in [0.1, 0.15) is 0 Å². The second-order valence-electron chi connectivity index (χ2n) is 6.94. The minimum absolute atomic E-state index is 0.159. The Morgan fingerprint density at radius 1 is 1.15 bits per heavy atom. The largest absolute Gasteiger partial charge is 0.340 e. The number of nitrogens with zero attached hydrogens (tertiary/aromatic N) is 5. The summed E-state index contributed by atoms with van der Waals surface area (Å²) in [5.41, 5.74) is 3.09. The number of amides is 1. The van der Waals surface area contributed by atoms with Crippen molar-refractivity contribution in [2.24, 2.45) is 0 Å². The number of benzene rings is 1. The molecule has 1 aliphatic rings. The molecule has 0 saturated carbocycles. The van der Waals surface area contributed by atoms with Crippen molar-refractivity contribution in [3.05, 3.63) is 66.2 Å². The molecule has 1 aliphatic heterocycles. The maximum absolute atomic E-state index is 12.8. The van der Waals surface area contributed by atoms with E-state index in [4.69, 9.17) is 0 Å². The van der Waals surface area contributed by atoms with Gasteiger partial charge in [-0.3, -0.25) is 9.48 Å². The summed E-state index contributed by atoms with van der Waals surface area (Å²) >= 11 is 0. The minimum Gasteiger partial charge on any atom is -0.340 e. The van der Waals surface area contributed by atoms with Crippen molar-refractivity contribution >= 4 is 5.91 Å². The lowest BCUT2D eigenvalue weighted by Gasteiger charge is -2.33. The van der Waals surface area contributed by atoms with Crippen LogP contribution in [0.15, 0.2) is 55.1 Å². The highest BCUT2D eigenvalue weighted by Crippen LogP contribution is 2.22. The van der Waals surface area contributed by atoms with Crippen molar-refractivity contribution in [2.45, 2.75) is 32.2 Å². The third-order valence-corrected chi connectivity index (χ3v) is 4.87. The SMILES string of the molecule is Cc1cnn([C@@H]2CCCN(C(=O)Cc3cnn(-c4ccccc4)c3)C2)c1. The number of rotatable bonds is 4. The van der Waals surface area contributed by atoms with Crippen LogP contribution in [-0.2, 0) is 11.2 Å². The maximum Gasteiger partial charge on any atom is 0.227 e. The Labute approximate surface area is 153 Å². The molecule has 0 radical (unpaired) electrons. The molecule has 4 rings (SSSR count). The number of hydrogen-bond acceptors (Lipinski definition) is 3. The van der Waals surface area contributed by atoms with Crippen LogP contribution in [0.4, 0.5) is 0 Å². The molecule has 1 saturated heterocycles. The molecule has 0 aliphatic carbocycles. The van der Waals surface area contributed by atoms with Crippen LogP contribution in [0.2, 0.25) is 0 Å². The minimum atomic E-state index is 0.159. The Kier molecular flexibility index (Phi) is 4.56. The van der Waals surface area contributed by atoms with Crippen LogP contribution >= 0.6 is 0 Å². The second kappa shape index (κ2) is 7.15. The zero-order valence-corrected chi connectivity index (χ0v) is 15.0. The summed E-state index contributed by atoms with van der Waals surface area (Å²) in [5, 5.41) is 8.80. The fourth-order valence-electron chi connectivity index (χ4n) is 3.49. The van der Waals surface area contributed by atoms with Gasteiger partial charge in [-0.15, -0.1) is 0 Å². The maximum atomic E-state index is 12.8. The molecular weight excluding hydrogens is 326 g/mol.